The van der Waals surface area contributed by atoms with Gasteiger partial charge in [-0.2, -0.15) is 0 Å². The Bertz CT molecular complexity index is 356. The van der Waals surface area contributed by atoms with Gasteiger partial charge in [0.2, 0.25) is 0 Å². The average molecular weight is 264 g/mol. The van der Waals surface area contributed by atoms with Crippen molar-refractivity contribution in [3.05, 3.63) is 0 Å². The van der Waals surface area contributed by atoms with E-state index in [0.29, 0.717) is 13.0 Å². The molecule has 0 aromatic rings. The lowest BCUT2D eigenvalue weighted by Gasteiger charge is -2.56. The van der Waals surface area contributed by atoms with Crippen molar-refractivity contribution in [2.24, 2.45) is 17.8 Å². The number of nitrogens with one attached hydrogen (secondary N) is 2. The summed E-state index contributed by atoms with van der Waals surface area (Å²) in [5.74, 6) is 2.63. The van der Waals surface area contributed by atoms with Crippen LogP contribution in [0.3, 0.4) is 0 Å². The Morgan fingerprint density at radius 3 is 2.05 bits per heavy atom. The quantitative estimate of drug-likeness (QED) is 0.818. The zero-order chi connectivity index (χ0) is 13.5. The van der Waals surface area contributed by atoms with Gasteiger partial charge in [0.05, 0.1) is 0 Å². The van der Waals surface area contributed by atoms with Gasteiger partial charge in [-0.15, -0.1) is 0 Å². The van der Waals surface area contributed by atoms with Crippen LogP contribution in [0.4, 0.5) is 4.79 Å². The van der Waals surface area contributed by atoms with Crippen LogP contribution in [0.1, 0.15) is 51.9 Å². The predicted octanol–water partition coefficient (Wildman–Crippen LogP) is 2.23. The molecule has 4 bridgehead atoms. The lowest BCUT2D eigenvalue weighted by Crippen LogP contribution is -2.61. The highest BCUT2D eigenvalue weighted by Crippen LogP contribution is 2.55. The summed E-state index contributed by atoms with van der Waals surface area (Å²) < 4.78 is 0. The van der Waals surface area contributed by atoms with Crippen LogP contribution >= 0.6 is 0 Å². The first kappa shape index (κ1) is 12.9. The molecule has 0 unspecified atom stereocenters. The number of ketones is 1. The van der Waals surface area contributed by atoms with E-state index in [0.717, 1.165) is 17.8 Å². The van der Waals surface area contributed by atoms with E-state index in [9.17, 15) is 9.59 Å². The molecule has 0 aliphatic heterocycles. The Balaban J connectivity index is 1.54. The predicted molar refractivity (Wildman–Crippen MR) is 72.7 cm³/mol. The maximum Gasteiger partial charge on any atom is 0.315 e. The van der Waals surface area contributed by atoms with Gasteiger partial charge in [-0.1, -0.05) is 0 Å². The number of rotatable bonds is 4. The van der Waals surface area contributed by atoms with E-state index in [4.69, 9.17) is 0 Å². The lowest BCUT2D eigenvalue weighted by atomic mass is 9.53. The largest absolute Gasteiger partial charge is 0.338 e. The van der Waals surface area contributed by atoms with Crippen LogP contribution in [0.5, 0.6) is 0 Å². The number of carbonyl (C=O) groups is 2. The first-order valence-corrected chi connectivity index (χ1v) is 7.60. The zero-order valence-corrected chi connectivity index (χ0v) is 11.7. The Labute approximate surface area is 114 Å². The van der Waals surface area contributed by atoms with Gasteiger partial charge >= 0.3 is 6.03 Å². The van der Waals surface area contributed by atoms with Crippen LogP contribution in [-0.4, -0.2) is 23.9 Å². The third-order valence-electron chi connectivity index (χ3n) is 5.18. The fourth-order valence-electron chi connectivity index (χ4n) is 4.90. The van der Waals surface area contributed by atoms with Crippen LogP contribution in [0.15, 0.2) is 0 Å². The van der Waals surface area contributed by atoms with Crippen LogP contribution in [0, 0.1) is 17.8 Å². The molecule has 4 aliphatic carbocycles. The zero-order valence-electron chi connectivity index (χ0n) is 11.7. The van der Waals surface area contributed by atoms with E-state index in [1.54, 1.807) is 6.92 Å². The summed E-state index contributed by atoms with van der Waals surface area (Å²) in [6.45, 7) is 2.01. The van der Waals surface area contributed by atoms with Crippen LogP contribution < -0.4 is 10.6 Å². The molecule has 0 radical (unpaired) electrons. The minimum atomic E-state index is -0.0804. The molecule has 4 aliphatic rings. The van der Waals surface area contributed by atoms with Crippen molar-refractivity contribution >= 4 is 11.8 Å². The van der Waals surface area contributed by atoms with Crippen LogP contribution in [0.25, 0.3) is 0 Å². The highest BCUT2D eigenvalue weighted by atomic mass is 16.2. The molecular formula is C15H24N2O2. The number of urea groups is 1. The SMILES string of the molecule is CC(=O)CCNC(=O)NC12CC3CC(CC(C3)C1)C2. The molecule has 4 nitrogen and oxygen atoms in total. The molecule has 4 fully saturated rings. The number of Topliss-reactive ketones (excluding diaryl/α,β-unsaturated/α-hetero) is 1. The Hall–Kier alpha value is -1.06. The van der Waals surface area contributed by atoms with Gasteiger partial charge in [0.1, 0.15) is 5.78 Å². The second kappa shape index (κ2) is 4.80. The first-order chi connectivity index (χ1) is 9.05. The number of hydrogen-bond donors (Lipinski definition) is 2. The number of hydrogen-bond acceptors (Lipinski definition) is 2. The van der Waals surface area contributed by atoms with E-state index < -0.39 is 0 Å². The fourth-order valence-corrected chi connectivity index (χ4v) is 4.90. The van der Waals surface area contributed by atoms with Crippen molar-refractivity contribution in [2.45, 2.75) is 57.4 Å². The highest BCUT2D eigenvalue weighted by molar-refractivity contribution is 5.78. The maximum absolute atomic E-state index is 12.0. The summed E-state index contributed by atoms with van der Waals surface area (Å²) in [5.41, 5.74) is 0.0645. The van der Waals surface area contributed by atoms with Crippen molar-refractivity contribution in [2.75, 3.05) is 6.54 Å². The standard InChI is InChI=1S/C15H24N2O2/c1-10(18)2-3-16-14(19)17-15-7-11-4-12(8-15)6-13(5-11)9-15/h11-13H,2-9H2,1H3,(H2,16,17,19). The molecule has 4 rings (SSSR count). The molecule has 0 aromatic heterocycles. The van der Waals surface area contributed by atoms with Gasteiger partial charge < -0.3 is 10.6 Å². The van der Waals surface area contributed by atoms with Gasteiger partial charge in [-0.25, -0.2) is 4.79 Å². The molecule has 4 saturated carbocycles. The lowest BCUT2D eigenvalue weighted by molar-refractivity contribution is -0.116. The number of amides is 2. The van der Waals surface area contributed by atoms with Crippen molar-refractivity contribution in [1.82, 2.24) is 10.6 Å². The van der Waals surface area contributed by atoms with Crippen LogP contribution in [-0.2, 0) is 4.79 Å². The molecule has 0 saturated heterocycles. The second-order valence-electron chi connectivity index (χ2n) is 7.03. The molecule has 2 N–H and O–H groups in total. The van der Waals surface area contributed by atoms with Gasteiger partial charge in [0, 0.05) is 18.5 Å². The minimum absolute atomic E-state index is 0.0645. The fraction of sp³-hybridized carbons (Fsp3) is 0.867. The van der Waals surface area contributed by atoms with Gasteiger partial charge in [-0.3, -0.25) is 4.79 Å². The Morgan fingerprint density at radius 1 is 1.05 bits per heavy atom. The van der Waals surface area contributed by atoms with E-state index in [-0.39, 0.29) is 17.4 Å². The third-order valence-corrected chi connectivity index (χ3v) is 5.18. The molecule has 0 aromatic carbocycles. The molecule has 2 amide bonds. The summed E-state index contributed by atoms with van der Waals surface area (Å²) in [7, 11) is 0. The van der Waals surface area contributed by atoms with E-state index in [1.807, 2.05) is 0 Å². The summed E-state index contributed by atoms with van der Waals surface area (Å²) in [4.78, 5) is 22.8. The minimum Gasteiger partial charge on any atom is -0.338 e. The van der Waals surface area contributed by atoms with Crippen molar-refractivity contribution in [3.63, 3.8) is 0 Å². The van der Waals surface area contributed by atoms with E-state index in [2.05, 4.69) is 10.6 Å². The monoisotopic (exact) mass is 264 g/mol. The number of carbonyl (C=O) groups excluding carboxylic acids is 2. The normalized spacial score (nSPS) is 39.1. The second-order valence-corrected chi connectivity index (χ2v) is 7.03. The summed E-state index contributed by atoms with van der Waals surface area (Å²) >= 11 is 0. The van der Waals surface area contributed by atoms with Crippen LogP contribution in [0.2, 0.25) is 0 Å². The Kier molecular flexibility index (Phi) is 3.27. The average Bonchev–Trinajstić information content (AvgIpc) is 2.25. The summed E-state index contributed by atoms with van der Waals surface area (Å²) in [6.07, 6.45) is 8.07. The third kappa shape index (κ3) is 2.77. The molecule has 0 atom stereocenters. The summed E-state index contributed by atoms with van der Waals surface area (Å²) in [5, 5.41) is 6.06. The van der Waals surface area contributed by atoms with E-state index >= 15 is 0 Å². The molecule has 19 heavy (non-hydrogen) atoms. The smallest absolute Gasteiger partial charge is 0.315 e. The van der Waals surface area contributed by atoms with Gasteiger partial charge in [-0.05, 0) is 63.2 Å². The Morgan fingerprint density at radius 2 is 1.58 bits per heavy atom. The highest BCUT2D eigenvalue weighted by Gasteiger charge is 2.51. The molecule has 106 valence electrons. The van der Waals surface area contributed by atoms with Crippen molar-refractivity contribution in [3.8, 4) is 0 Å². The molecule has 0 spiro atoms. The van der Waals surface area contributed by atoms with Gasteiger partial charge in [0.25, 0.3) is 0 Å². The van der Waals surface area contributed by atoms with Crippen molar-refractivity contribution in [1.29, 1.82) is 0 Å². The molecule has 4 heteroatoms. The van der Waals surface area contributed by atoms with Crippen molar-refractivity contribution < 1.29 is 9.59 Å². The summed E-state index contributed by atoms with van der Waals surface area (Å²) in [6, 6.07) is -0.0804. The maximum atomic E-state index is 12.0. The molecular weight excluding hydrogens is 240 g/mol. The molecule has 0 heterocycles. The van der Waals surface area contributed by atoms with E-state index in [1.165, 1.54) is 38.5 Å². The topological polar surface area (TPSA) is 58.2 Å². The van der Waals surface area contributed by atoms with Gasteiger partial charge in [0.15, 0.2) is 0 Å². The first-order valence-electron chi connectivity index (χ1n) is 7.60.